The van der Waals surface area contributed by atoms with Crippen LogP contribution in [0.2, 0.25) is 0 Å². The van der Waals surface area contributed by atoms with Crippen molar-refractivity contribution in [3.05, 3.63) is 71.6 Å². The summed E-state index contributed by atoms with van der Waals surface area (Å²) in [6, 6.07) is 10.7. The molecule has 0 saturated carbocycles. The Morgan fingerprint density at radius 2 is 2.23 bits per heavy atom. The molecule has 1 heterocycles. The monoisotopic (exact) mass is 356 g/mol. The lowest BCUT2D eigenvalue weighted by Crippen LogP contribution is -2.45. The van der Waals surface area contributed by atoms with Crippen molar-refractivity contribution in [2.45, 2.75) is 19.0 Å². The van der Waals surface area contributed by atoms with E-state index in [9.17, 15) is 9.50 Å². The summed E-state index contributed by atoms with van der Waals surface area (Å²) >= 11 is 0. The number of rotatable bonds is 6. The van der Waals surface area contributed by atoms with Gasteiger partial charge in [-0.05, 0) is 35.7 Å². The Morgan fingerprint density at radius 1 is 1.38 bits per heavy atom. The molecule has 2 N–H and O–H groups in total. The second-order valence-electron chi connectivity index (χ2n) is 6.54. The van der Waals surface area contributed by atoms with Crippen molar-refractivity contribution in [2.75, 3.05) is 26.7 Å². The molecule has 2 aromatic rings. The smallest absolute Gasteiger partial charge is 0.161 e. The van der Waals surface area contributed by atoms with E-state index in [-0.39, 0.29) is 17.6 Å². The Kier molecular flexibility index (Phi) is 5.91. The van der Waals surface area contributed by atoms with Gasteiger partial charge in [0.25, 0.3) is 0 Å². The maximum atomic E-state index is 13.7. The maximum Gasteiger partial charge on any atom is 0.161 e. The number of hydrogen-bond acceptors (Lipinski definition) is 4. The highest BCUT2D eigenvalue weighted by Crippen LogP contribution is 2.33. The van der Waals surface area contributed by atoms with E-state index in [1.807, 2.05) is 18.2 Å². The van der Waals surface area contributed by atoms with E-state index in [2.05, 4.69) is 16.8 Å². The number of ether oxygens (including phenoxy) is 1. The van der Waals surface area contributed by atoms with Gasteiger partial charge in [-0.15, -0.1) is 6.58 Å². The van der Waals surface area contributed by atoms with Crippen molar-refractivity contribution in [3.8, 4) is 11.5 Å². The van der Waals surface area contributed by atoms with Crippen LogP contribution in [0.5, 0.6) is 11.5 Å². The molecular formula is C21H25FN2O2. The number of allylic oxidation sites excluding steroid dienone is 1. The average Bonchev–Trinajstić information content (AvgIpc) is 2.65. The molecule has 5 heteroatoms. The third kappa shape index (κ3) is 4.06. The maximum absolute atomic E-state index is 13.7. The van der Waals surface area contributed by atoms with Crippen molar-refractivity contribution in [3.63, 3.8) is 0 Å². The van der Waals surface area contributed by atoms with Gasteiger partial charge in [0.05, 0.1) is 7.11 Å². The number of nitrogens with zero attached hydrogens (tertiary/aromatic N) is 1. The molecule has 1 saturated heterocycles. The molecule has 1 atom stereocenters. The summed E-state index contributed by atoms with van der Waals surface area (Å²) in [5, 5.41) is 13.7. The van der Waals surface area contributed by atoms with E-state index in [4.69, 9.17) is 4.74 Å². The molecule has 1 fully saturated rings. The fraction of sp³-hybridized carbons (Fsp3) is 0.333. The van der Waals surface area contributed by atoms with Gasteiger partial charge in [-0.25, -0.2) is 4.39 Å². The van der Waals surface area contributed by atoms with Gasteiger partial charge < -0.3 is 15.2 Å². The van der Waals surface area contributed by atoms with Crippen molar-refractivity contribution in [1.29, 1.82) is 0 Å². The number of methoxy groups -OCH3 is 1. The van der Waals surface area contributed by atoms with E-state index in [0.29, 0.717) is 18.7 Å². The Balaban J connectivity index is 1.88. The summed E-state index contributed by atoms with van der Waals surface area (Å²) in [6.07, 6.45) is 2.34. The number of halogens is 1. The zero-order valence-electron chi connectivity index (χ0n) is 15.0. The predicted octanol–water partition coefficient (Wildman–Crippen LogP) is 3.41. The van der Waals surface area contributed by atoms with E-state index in [1.54, 1.807) is 25.3 Å². The molecule has 1 aliphatic rings. The Morgan fingerprint density at radius 3 is 2.96 bits per heavy atom. The van der Waals surface area contributed by atoms with Crippen molar-refractivity contribution in [1.82, 2.24) is 10.2 Å². The first-order valence-corrected chi connectivity index (χ1v) is 8.82. The lowest BCUT2D eigenvalue weighted by atomic mass is 10.0. The van der Waals surface area contributed by atoms with Gasteiger partial charge in [-0.1, -0.05) is 24.3 Å². The quantitative estimate of drug-likeness (QED) is 0.779. The van der Waals surface area contributed by atoms with Crippen LogP contribution in [0.15, 0.2) is 49.1 Å². The van der Waals surface area contributed by atoms with Crippen LogP contribution in [-0.2, 0) is 13.0 Å². The van der Waals surface area contributed by atoms with Crippen LogP contribution in [0.4, 0.5) is 4.39 Å². The summed E-state index contributed by atoms with van der Waals surface area (Å²) in [6.45, 7) is 6.98. The van der Waals surface area contributed by atoms with Crippen LogP contribution in [0.1, 0.15) is 22.7 Å². The van der Waals surface area contributed by atoms with E-state index in [0.717, 1.165) is 36.3 Å². The highest BCUT2D eigenvalue weighted by molar-refractivity contribution is 5.49. The Bertz CT molecular complexity index is 779. The first kappa shape index (κ1) is 18.4. The Hall–Kier alpha value is -2.37. The number of nitrogens with one attached hydrogen (secondary N) is 1. The standard InChI is InChI=1S/C21H25FN2O2/c1-3-5-17-10-15(11-20(26-2)21(17)25)14-24-9-8-23-13-19(24)16-6-4-7-18(22)12-16/h3-4,6-7,10-12,19,23,25H,1,5,8-9,13-14H2,2H3. The molecule has 1 aliphatic heterocycles. The number of piperazine rings is 1. The van der Waals surface area contributed by atoms with Crippen LogP contribution in [0.3, 0.4) is 0 Å². The first-order chi connectivity index (χ1) is 12.6. The lowest BCUT2D eigenvalue weighted by molar-refractivity contribution is 0.153. The van der Waals surface area contributed by atoms with Gasteiger partial charge in [0, 0.05) is 37.8 Å². The number of hydrogen-bond donors (Lipinski definition) is 2. The molecule has 138 valence electrons. The second kappa shape index (κ2) is 8.34. The van der Waals surface area contributed by atoms with Crippen LogP contribution >= 0.6 is 0 Å². The van der Waals surface area contributed by atoms with Crippen LogP contribution in [0.25, 0.3) is 0 Å². The molecule has 4 nitrogen and oxygen atoms in total. The molecule has 0 amide bonds. The number of phenolic OH excluding ortho intramolecular Hbond substituents is 1. The molecule has 0 spiro atoms. The third-order valence-corrected chi connectivity index (χ3v) is 4.77. The summed E-state index contributed by atoms with van der Waals surface area (Å²) in [5.74, 6) is 0.419. The minimum absolute atomic E-state index is 0.0992. The zero-order chi connectivity index (χ0) is 18.5. The molecular weight excluding hydrogens is 331 g/mol. The normalized spacial score (nSPS) is 17.8. The van der Waals surface area contributed by atoms with E-state index < -0.39 is 0 Å². The molecule has 0 bridgehead atoms. The van der Waals surface area contributed by atoms with Gasteiger partial charge in [-0.3, -0.25) is 4.90 Å². The largest absolute Gasteiger partial charge is 0.504 e. The molecule has 0 aromatic heterocycles. The van der Waals surface area contributed by atoms with Gasteiger partial charge in [0.2, 0.25) is 0 Å². The minimum atomic E-state index is -0.215. The van der Waals surface area contributed by atoms with Gasteiger partial charge in [0.15, 0.2) is 11.5 Å². The number of benzene rings is 2. The number of phenols is 1. The van der Waals surface area contributed by atoms with Gasteiger partial charge in [-0.2, -0.15) is 0 Å². The molecule has 26 heavy (non-hydrogen) atoms. The summed E-state index contributed by atoms with van der Waals surface area (Å²) < 4.78 is 19.0. The lowest BCUT2D eigenvalue weighted by Gasteiger charge is -2.36. The third-order valence-electron chi connectivity index (χ3n) is 4.77. The Labute approximate surface area is 153 Å². The summed E-state index contributed by atoms with van der Waals surface area (Å²) in [5.41, 5.74) is 2.82. The zero-order valence-corrected chi connectivity index (χ0v) is 15.0. The first-order valence-electron chi connectivity index (χ1n) is 8.82. The molecule has 0 radical (unpaired) electrons. The second-order valence-corrected chi connectivity index (χ2v) is 6.54. The van der Waals surface area contributed by atoms with Gasteiger partial charge in [0.1, 0.15) is 5.82 Å². The van der Waals surface area contributed by atoms with Crippen LogP contribution in [0, 0.1) is 5.82 Å². The van der Waals surface area contributed by atoms with Crippen molar-refractivity contribution in [2.24, 2.45) is 0 Å². The van der Waals surface area contributed by atoms with Crippen LogP contribution in [-0.4, -0.2) is 36.8 Å². The summed E-state index contributed by atoms with van der Waals surface area (Å²) in [4.78, 5) is 2.33. The SMILES string of the molecule is C=CCc1cc(CN2CCNCC2c2cccc(F)c2)cc(OC)c1O. The topological polar surface area (TPSA) is 44.7 Å². The number of aromatic hydroxyl groups is 1. The molecule has 1 unspecified atom stereocenters. The molecule has 2 aromatic carbocycles. The molecule has 3 rings (SSSR count). The highest BCUT2D eigenvalue weighted by atomic mass is 19.1. The highest BCUT2D eigenvalue weighted by Gasteiger charge is 2.24. The van der Waals surface area contributed by atoms with Crippen molar-refractivity contribution >= 4 is 0 Å². The van der Waals surface area contributed by atoms with Crippen molar-refractivity contribution < 1.29 is 14.2 Å². The van der Waals surface area contributed by atoms with Crippen LogP contribution < -0.4 is 10.1 Å². The van der Waals surface area contributed by atoms with E-state index >= 15 is 0 Å². The molecule has 0 aliphatic carbocycles. The van der Waals surface area contributed by atoms with Gasteiger partial charge >= 0.3 is 0 Å². The predicted molar refractivity (Wildman–Crippen MR) is 101 cm³/mol. The van der Waals surface area contributed by atoms with E-state index in [1.165, 1.54) is 6.07 Å². The minimum Gasteiger partial charge on any atom is -0.504 e. The fourth-order valence-corrected chi connectivity index (χ4v) is 3.50. The summed E-state index contributed by atoms with van der Waals surface area (Å²) in [7, 11) is 1.55. The fourth-order valence-electron chi connectivity index (χ4n) is 3.50. The average molecular weight is 356 g/mol.